The summed E-state index contributed by atoms with van der Waals surface area (Å²) in [4.78, 5) is 11.3. The summed E-state index contributed by atoms with van der Waals surface area (Å²) in [5, 5.41) is 0.546. The molecule has 0 spiro atoms. The summed E-state index contributed by atoms with van der Waals surface area (Å²) < 4.78 is 6.52. The van der Waals surface area contributed by atoms with E-state index in [1.165, 1.54) is 0 Å². The lowest BCUT2D eigenvalue weighted by molar-refractivity contribution is -0.142. The highest BCUT2D eigenvalue weighted by atomic mass is 79.9. The molecule has 15 heavy (non-hydrogen) atoms. The third kappa shape index (κ3) is 3.78. The van der Waals surface area contributed by atoms with Crippen LogP contribution in [0.15, 0.2) is 21.1 Å². The van der Waals surface area contributed by atoms with Crippen LogP contribution in [0.2, 0.25) is 5.02 Å². The topological polar surface area (TPSA) is 26.3 Å². The SMILES string of the molecule is CCOC(=O)Cc1c(Cl)cc(Br)cc1Br. The van der Waals surface area contributed by atoms with E-state index >= 15 is 0 Å². The van der Waals surface area contributed by atoms with E-state index in [1.807, 2.05) is 6.07 Å². The van der Waals surface area contributed by atoms with Crippen molar-refractivity contribution in [3.8, 4) is 0 Å². The number of carbonyl (C=O) groups excluding carboxylic acids is 1. The molecule has 1 aromatic rings. The Labute approximate surface area is 110 Å². The van der Waals surface area contributed by atoms with Gasteiger partial charge in [0.1, 0.15) is 0 Å². The van der Waals surface area contributed by atoms with Gasteiger partial charge in [-0.3, -0.25) is 4.79 Å². The lowest BCUT2D eigenvalue weighted by Gasteiger charge is -2.07. The molecule has 2 nitrogen and oxygen atoms in total. The van der Waals surface area contributed by atoms with Crippen molar-refractivity contribution in [1.29, 1.82) is 0 Å². The van der Waals surface area contributed by atoms with Gasteiger partial charge in [-0.05, 0) is 24.6 Å². The van der Waals surface area contributed by atoms with E-state index in [9.17, 15) is 4.79 Å². The first-order valence-corrected chi connectivity index (χ1v) is 6.30. The van der Waals surface area contributed by atoms with E-state index < -0.39 is 0 Å². The predicted molar refractivity (Wildman–Crippen MR) is 67.2 cm³/mol. The maximum Gasteiger partial charge on any atom is 0.310 e. The zero-order valence-corrected chi connectivity index (χ0v) is 11.9. The van der Waals surface area contributed by atoms with Crippen LogP contribution >= 0.6 is 43.5 Å². The molecule has 0 bridgehead atoms. The Kier molecular flexibility index (Phi) is 5.09. The lowest BCUT2D eigenvalue weighted by atomic mass is 10.1. The molecule has 1 aromatic carbocycles. The van der Waals surface area contributed by atoms with Crippen molar-refractivity contribution in [2.24, 2.45) is 0 Å². The minimum atomic E-state index is -0.276. The van der Waals surface area contributed by atoms with Crippen LogP contribution in [-0.2, 0) is 16.0 Å². The molecule has 0 N–H and O–H groups in total. The number of benzene rings is 1. The fourth-order valence-electron chi connectivity index (χ4n) is 1.10. The summed E-state index contributed by atoms with van der Waals surface area (Å²) in [6.07, 6.45) is 0.181. The highest BCUT2D eigenvalue weighted by molar-refractivity contribution is 9.11. The standard InChI is InChI=1S/C10H9Br2ClO2/c1-2-15-10(14)5-7-8(12)3-6(11)4-9(7)13/h3-4H,2,5H2,1H3. The molecule has 5 heteroatoms. The third-order valence-electron chi connectivity index (χ3n) is 1.73. The maximum atomic E-state index is 11.3. The number of hydrogen-bond donors (Lipinski definition) is 0. The van der Waals surface area contributed by atoms with Gasteiger partial charge < -0.3 is 4.74 Å². The predicted octanol–water partition coefficient (Wildman–Crippen LogP) is 3.97. The van der Waals surface area contributed by atoms with Crippen LogP contribution < -0.4 is 0 Å². The van der Waals surface area contributed by atoms with Crippen LogP contribution in [-0.4, -0.2) is 12.6 Å². The van der Waals surface area contributed by atoms with Crippen LogP contribution in [0, 0.1) is 0 Å². The van der Waals surface area contributed by atoms with Gasteiger partial charge in [-0.2, -0.15) is 0 Å². The zero-order valence-electron chi connectivity index (χ0n) is 8.02. The maximum absolute atomic E-state index is 11.3. The van der Waals surface area contributed by atoms with Gasteiger partial charge in [-0.25, -0.2) is 0 Å². The molecule has 0 saturated carbocycles. The Bertz CT molecular complexity index is 357. The van der Waals surface area contributed by atoms with Gasteiger partial charge in [-0.15, -0.1) is 0 Å². The number of ether oxygens (including phenoxy) is 1. The molecule has 0 fully saturated rings. The van der Waals surface area contributed by atoms with Crippen LogP contribution in [0.25, 0.3) is 0 Å². The minimum Gasteiger partial charge on any atom is -0.466 e. The number of carbonyl (C=O) groups is 1. The van der Waals surface area contributed by atoms with Gasteiger partial charge in [0.05, 0.1) is 13.0 Å². The zero-order chi connectivity index (χ0) is 11.4. The van der Waals surface area contributed by atoms with Crippen molar-refractivity contribution < 1.29 is 9.53 Å². The second-order valence-electron chi connectivity index (χ2n) is 2.83. The highest BCUT2D eigenvalue weighted by Gasteiger charge is 2.12. The van der Waals surface area contributed by atoms with E-state index in [-0.39, 0.29) is 12.4 Å². The second kappa shape index (κ2) is 5.87. The third-order valence-corrected chi connectivity index (χ3v) is 3.23. The normalized spacial score (nSPS) is 10.1. The van der Waals surface area contributed by atoms with Gasteiger partial charge >= 0.3 is 5.97 Å². The Hall–Kier alpha value is -0.0600. The monoisotopic (exact) mass is 354 g/mol. The molecule has 0 heterocycles. The number of hydrogen-bond acceptors (Lipinski definition) is 2. The Morgan fingerprint density at radius 3 is 2.67 bits per heavy atom. The summed E-state index contributed by atoms with van der Waals surface area (Å²) in [7, 11) is 0. The summed E-state index contributed by atoms with van der Waals surface area (Å²) in [6.45, 7) is 2.15. The number of esters is 1. The van der Waals surface area contributed by atoms with E-state index in [2.05, 4.69) is 31.9 Å². The fraction of sp³-hybridized carbons (Fsp3) is 0.300. The van der Waals surface area contributed by atoms with Crippen molar-refractivity contribution in [3.05, 3.63) is 31.7 Å². The molecule has 0 aromatic heterocycles. The largest absolute Gasteiger partial charge is 0.466 e. The van der Waals surface area contributed by atoms with E-state index in [0.29, 0.717) is 11.6 Å². The summed E-state index contributed by atoms with van der Waals surface area (Å²) in [6, 6.07) is 3.60. The van der Waals surface area contributed by atoms with Gasteiger partial charge in [0.15, 0.2) is 0 Å². The van der Waals surface area contributed by atoms with E-state index in [4.69, 9.17) is 16.3 Å². The molecule has 0 aliphatic carbocycles. The molecule has 0 atom stereocenters. The average Bonchev–Trinajstić information content (AvgIpc) is 2.11. The van der Waals surface area contributed by atoms with Crippen LogP contribution in [0.1, 0.15) is 12.5 Å². The molecule has 82 valence electrons. The van der Waals surface area contributed by atoms with Gasteiger partial charge in [0, 0.05) is 14.0 Å². The van der Waals surface area contributed by atoms with Crippen LogP contribution in [0.5, 0.6) is 0 Å². The number of halogens is 3. The van der Waals surface area contributed by atoms with Gasteiger partial charge in [-0.1, -0.05) is 43.5 Å². The second-order valence-corrected chi connectivity index (χ2v) is 5.01. The van der Waals surface area contributed by atoms with Crippen LogP contribution in [0.4, 0.5) is 0 Å². The summed E-state index contributed by atoms with van der Waals surface area (Å²) >= 11 is 12.7. The Morgan fingerprint density at radius 1 is 1.47 bits per heavy atom. The molecule has 0 saturated heterocycles. The fourth-order valence-corrected chi connectivity index (χ4v) is 2.99. The van der Waals surface area contributed by atoms with Crippen molar-refractivity contribution >= 4 is 49.4 Å². The Balaban J connectivity index is 2.90. The quantitative estimate of drug-likeness (QED) is 0.766. The molecule has 1 rings (SSSR count). The molecular weight excluding hydrogens is 347 g/mol. The Morgan fingerprint density at radius 2 is 2.13 bits per heavy atom. The molecule has 0 amide bonds. The first-order chi connectivity index (χ1) is 7.04. The van der Waals surface area contributed by atoms with Gasteiger partial charge in [0.25, 0.3) is 0 Å². The van der Waals surface area contributed by atoms with Crippen molar-refractivity contribution in [2.45, 2.75) is 13.3 Å². The minimum absolute atomic E-state index is 0.181. The molecule has 0 aliphatic heterocycles. The molecule has 0 aliphatic rings. The molecule has 0 radical (unpaired) electrons. The van der Waals surface area contributed by atoms with E-state index in [0.717, 1.165) is 14.5 Å². The summed E-state index contributed by atoms with van der Waals surface area (Å²) in [5.41, 5.74) is 0.748. The van der Waals surface area contributed by atoms with Crippen molar-refractivity contribution in [3.63, 3.8) is 0 Å². The van der Waals surface area contributed by atoms with Crippen LogP contribution in [0.3, 0.4) is 0 Å². The first-order valence-electron chi connectivity index (χ1n) is 4.33. The first kappa shape index (κ1) is 13.0. The summed E-state index contributed by atoms with van der Waals surface area (Å²) in [5.74, 6) is -0.276. The molecular formula is C10H9Br2ClO2. The molecule has 0 unspecified atom stereocenters. The van der Waals surface area contributed by atoms with Gasteiger partial charge in [0.2, 0.25) is 0 Å². The van der Waals surface area contributed by atoms with E-state index in [1.54, 1.807) is 13.0 Å². The average molecular weight is 356 g/mol. The number of rotatable bonds is 3. The highest BCUT2D eigenvalue weighted by Crippen LogP contribution is 2.29. The lowest BCUT2D eigenvalue weighted by Crippen LogP contribution is -2.08. The van der Waals surface area contributed by atoms with Crippen molar-refractivity contribution in [1.82, 2.24) is 0 Å². The smallest absolute Gasteiger partial charge is 0.310 e. The van der Waals surface area contributed by atoms with Crippen molar-refractivity contribution in [2.75, 3.05) is 6.61 Å².